The summed E-state index contributed by atoms with van der Waals surface area (Å²) in [5.74, 6) is -0.399. The molecule has 0 saturated carbocycles. The van der Waals surface area contributed by atoms with Gasteiger partial charge < -0.3 is 14.3 Å². The fraction of sp³-hybridized carbons (Fsp3) is 0.130. The summed E-state index contributed by atoms with van der Waals surface area (Å²) in [6, 6.07) is 18.2. The highest BCUT2D eigenvalue weighted by Gasteiger charge is 2.48. The predicted octanol–water partition coefficient (Wildman–Crippen LogP) is 4.22. The molecule has 0 spiro atoms. The van der Waals surface area contributed by atoms with E-state index in [1.807, 2.05) is 6.07 Å². The Bertz CT molecular complexity index is 1110. The summed E-state index contributed by atoms with van der Waals surface area (Å²) in [7, 11) is 1.47. The molecule has 1 aliphatic rings. The van der Waals surface area contributed by atoms with Crippen molar-refractivity contribution in [2.75, 3.05) is 12.0 Å². The Labute approximate surface area is 167 Å². The van der Waals surface area contributed by atoms with E-state index in [4.69, 9.17) is 9.15 Å². The van der Waals surface area contributed by atoms with Crippen molar-refractivity contribution in [2.24, 2.45) is 0 Å². The molecule has 3 aromatic rings. The molecule has 1 amide bonds. The van der Waals surface area contributed by atoms with Crippen LogP contribution in [0.25, 0.3) is 5.76 Å². The number of carbonyl (C=O) groups is 2. The third-order valence-electron chi connectivity index (χ3n) is 4.87. The first-order valence-corrected chi connectivity index (χ1v) is 9.08. The van der Waals surface area contributed by atoms with Crippen molar-refractivity contribution in [2.45, 2.75) is 13.0 Å². The van der Waals surface area contributed by atoms with Crippen molar-refractivity contribution in [1.29, 1.82) is 0 Å². The van der Waals surface area contributed by atoms with Gasteiger partial charge in [-0.25, -0.2) is 0 Å². The Morgan fingerprint density at radius 3 is 2.34 bits per heavy atom. The Morgan fingerprint density at radius 2 is 1.69 bits per heavy atom. The normalized spacial score (nSPS) is 18.3. The Balaban J connectivity index is 1.96. The summed E-state index contributed by atoms with van der Waals surface area (Å²) < 4.78 is 11.1. The van der Waals surface area contributed by atoms with Crippen LogP contribution < -0.4 is 9.64 Å². The summed E-state index contributed by atoms with van der Waals surface area (Å²) in [5.41, 5.74) is 0.819. The number of aryl methyl sites for hydroxylation is 1. The minimum absolute atomic E-state index is 0.0438. The number of hydrogen-bond acceptors (Lipinski definition) is 5. The van der Waals surface area contributed by atoms with E-state index in [1.165, 1.54) is 12.0 Å². The van der Waals surface area contributed by atoms with Crippen LogP contribution >= 0.6 is 0 Å². The van der Waals surface area contributed by atoms with Gasteiger partial charge in [0.15, 0.2) is 0 Å². The van der Waals surface area contributed by atoms with Gasteiger partial charge in [0.2, 0.25) is 0 Å². The molecule has 6 nitrogen and oxygen atoms in total. The third kappa shape index (κ3) is 3.08. The molecule has 1 atom stereocenters. The van der Waals surface area contributed by atoms with Crippen molar-refractivity contribution in [3.8, 4) is 5.75 Å². The molecule has 4 rings (SSSR count). The summed E-state index contributed by atoms with van der Waals surface area (Å²) in [6.45, 7) is 1.78. The zero-order valence-electron chi connectivity index (χ0n) is 16.0. The van der Waals surface area contributed by atoms with Crippen LogP contribution in [0.2, 0.25) is 0 Å². The minimum atomic E-state index is -0.893. The van der Waals surface area contributed by atoms with Crippen LogP contribution in [0, 0.1) is 6.92 Å². The first kappa shape index (κ1) is 18.6. The number of nitrogens with zero attached hydrogens (tertiary/aromatic N) is 1. The summed E-state index contributed by atoms with van der Waals surface area (Å²) in [6.07, 6.45) is 0. The van der Waals surface area contributed by atoms with Crippen LogP contribution in [0.15, 0.2) is 76.7 Å². The standard InChI is InChI=1S/C23H19NO5/c1-14-12-13-18(29-14)20-19(21(25)16-10-6-7-11-17(16)28-2)22(26)23(27)24(20)15-8-4-3-5-9-15/h3-13,20,25H,1-2H3/b21-19-. The van der Waals surface area contributed by atoms with E-state index in [0.29, 0.717) is 28.5 Å². The molecule has 1 N–H and O–H groups in total. The fourth-order valence-corrected chi connectivity index (χ4v) is 3.54. The average molecular weight is 389 g/mol. The molecule has 1 unspecified atom stereocenters. The van der Waals surface area contributed by atoms with E-state index in [-0.39, 0.29) is 11.3 Å². The lowest BCUT2D eigenvalue weighted by atomic mass is 9.98. The maximum Gasteiger partial charge on any atom is 0.300 e. The fourth-order valence-electron chi connectivity index (χ4n) is 3.54. The highest BCUT2D eigenvalue weighted by Crippen LogP contribution is 2.43. The Kier molecular flexibility index (Phi) is 4.68. The highest BCUT2D eigenvalue weighted by atomic mass is 16.5. The number of para-hydroxylation sites is 2. The number of methoxy groups -OCH3 is 1. The van der Waals surface area contributed by atoms with Crippen molar-refractivity contribution in [3.05, 3.63) is 89.4 Å². The number of furan rings is 1. The van der Waals surface area contributed by atoms with Crippen LogP contribution in [-0.4, -0.2) is 23.9 Å². The highest BCUT2D eigenvalue weighted by molar-refractivity contribution is 6.51. The average Bonchev–Trinajstić information content (AvgIpc) is 3.29. The number of hydrogen-bond donors (Lipinski definition) is 1. The van der Waals surface area contributed by atoms with Crippen LogP contribution in [0.5, 0.6) is 5.75 Å². The molecule has 1 aliphatic heterocycles. The molecule has 0 aliphatic carbocycles. The SMILES string of the molecule is COc1ccccc1/C(O)=C1/C(=O)C(=O)N(c2ccccc2)C1c1ccc(C)o1. The second-order valence-corrected chi connectivity index (χ2v) is 6.65. The third-order valence-corrected chi connectivity index (χ3v) is 4.87. The van der Waals surface area contributed by atoms with Gasteiger partial charge >= 0.3 is 0 Å². The second kappa shape index (κ2) is 7.31. The number of carbonyl (C=O) groups excluding carboxylic acids is 2. The molecule has 0 bridgehead atoms. The van der Waals surface area contributed by atoms with Gasteiger partial charge in [0.05, 0.1) is 18.2 Å². The van der Waals surface area contributed by atoms with Crippen LogP contribution in [0.3, 0.4) is 0 Å². The summed E-state index contributed by atoms with van der Waals surface area (Å²) in [4.78, 5) is 27.3. The first-order valence-electron chi connectivity index (χ1n) is 9.08. The van der Waals surface area contributed by atoms with Gasteiger partial charge in [-0.3, -0.25) is 14.5 Å². The van der Waals surface area contributed by atoms with Crippen LogP contribution in [-0.2, 0) is 9.59 Å². The Hall–Kier alpha value is -3.80. The van der Waals surface area contributed by atoms with Gasteiger partial charge in [-0.15, -0.1) is 0 Å². The van der Waals surface area contributed by atoms with Crippen LogP contribution in [0.1, 0.15) is 23.1 Å². The van der Waals surface area contributed by atoms with Gasteiger partial charge in [0.1, 0.15) is 29.1 Å². The largest absolute Gasteiger partial charge is 0.507 e. The molecule has 6 heteroatoms. The predicted molar refractivity (Wildman–Crippen MR) is 108 cm³/mol. The van der Waals surface area contributed by atoms with E-state index in [0.717, 1.165) is 0 Å². The Morgan fingerprint density at radius 1 is 1.00 bits per heavy atom. The molecule has 0 radical (unpaired) electrons. The lowest BCUT2D eigenvalue weighted by Crippen LogP contribution is -2.29. The lowest BCUT2D eigenvalue weighted by molar-refractivity contribution is -0.132. The van der Waals surface area contributed by atoms with Gasteiger partial charge in [-0.2, -0.15) is 0 Å². The molecular formula is C23H19NO5. The number of aliphatic hydroxyl groups is 1. The molecule has 2 heterocycles. The molecule has 1 aromatic heterocycles. The molecule has 146 valence electrons. The van der Waals surface area contributed by atoms with Crippen molar-refractivity contribution in [3.63, 3.8) is 0 Å². The van der Waals surface area contributed by atoms with Gasteiger partial charge in [-0.05, 0) is 43.3 Å². The summed E-state index contributed by atoms with van der Waals surface area (Å²) in [5, 5.41) is 11.1. The number of benzene rings is 2. The van der Waals surface area contributed by atoms with Crippen LogP contribution in [0.4, 0.5) is 5.69 Å². The number of anilines is 1. The first-order chi connectivity index (χ1) is 14.0. The maximum atomic E-state index is 13.0. The van der Waals surface area contributed by atoms with Crippen molar-refractivity contribution < 1.29 is 23.8 Å². The quantitative estimate of drug-likeness (QED) is 0.410. The lowest BCUT2D eigenvalue weighted by Gasteiger charge is -2.23. The van der Waals surface area contributed by atoms with Gasteiger partial charge in [0, 0.05) is 5.69 Å². The topological polar surface area (TPSA) is 80.0 Å². The van der Waals surface area contributed by atoms with E-state index in [2.05, 4.69) is 0 Å². The monoisotopic (exact) mass is 389 g/mol. The number of Topliss-reactive ketones (excluding diaryl/α,β-unsaturated/α-hetero) is 1. The van der Waals surface area contributed by atoms with E-state index in [1.54, 1.807) is 67.6 Å². The second-order valence-electron chi connectivity index (χ2n) is 6.65. The number of ether oxygens (including phenoxy) is 1. The van der Waals surface area contributed by atoms with Gasteiger partial charge in [-0.1, -0.05) is 30.3 Å². The van der Waals surface area contributed by atoms with E-state index in [9.17, 15) is 14.7 Å². The minimum Gasteiger partial charge on any atom is -0.507 e. The molecule has 29 heavy (non-hydrogen) atoms. The molecule has 1 saturated heterocycles. The summed E-state index contributed by atoms with van der Waals surface area (Å²) >= 11 is 0. The van der Waals surface area contributed by atoms with Gasteiger partial charge in [0.25, 0.3) is 11.7 Å². The maximum absolute atomic E-state index is 13.0. The number of aliphatic hydroxyl groups excluding tert-OH is 1. The molecule has 1 fully saturated rings. The zero-order valence-corrected chi connectivity index (χ0v) is 16.0. The molecule has 2 aromatic carbocycles. The van der Waals surface area contributed by atoms with Crippen molar-refractivity contribution in [1.82, 2.24) is 0 Å². The van der Waals surface area contributed by atoms with E-state index >= 15 is 0 Å². The number of amides is 1. The molecular weight excluding hydrogens is 370 g/mol. The van der Waals surface area contributed by atoms with Crippen molar-refractivity contribution >= 4 is 23.1 Å². The van der Waals surface area contributed by atoms with E-state index < -0.39 is 17.7 Å². The number of ketones is 1. The smallest absolute Gasteiger partial charge is 0.300 e. The number of rotatable bonds is 4. The zero-order chi connectivity index (χ0) is 20.5.